The molecule has 2 aromatic carbocycles. The lowest BCUT2D eigenvalue weighted by Gasteiger charge is -2.15. The van der Waals surface area contributed by atoms with Crippen LogP contribution in [0.4, 0.5) is 22.7 Å². The van der Waals surface area contributed by atoms with Crippen LogP contribution in [0, 0.1) is 20.8 Å². The Morgan fingerprint density at radius 3 is 2.26 bits per heavy atom. The molecule has 2 aromatic rings. The number of rotatable bonds is 2. The fourth-order valence-corrected chi connectivity index (χ4v) is 2.01. The van der Waals surface area contributed by atoms with Crippen molar-refractivity contribution in [3.8, 4) is 5.75 Å². The van der Waals surface area contributed by atoms with Gasteiger partial charge in [0.1, 0.15) is 5.75 Å². The van der Waals surface area contributed by atoms with E-state index < -0.39 is 0 Å². The molecule has 0 spiro atoms. The van der Waals surface area contributed by atoms with Gasteiger partial charge in [-0.3, -0.25) is 0 Å². The first-order valence-corrected chi connectivity index (χ1v) is 6.12. The lowest BCUT2D eigenvalue weighted by Crippen LogP contribution is -2.03. The van der Waals surface area contributed by atoms with Crippen LogP contribution in [0.25, 0.3) is 0 Å². The van der Waals surface area contributed by atoms with Gasteiger partial charge in [-0.15, -0.1) is 0 Å². The second-order valence-corrected chi connectivity index (χ2v) is 4.82. The minimum absolute atomic E-state index is 0.281. The van der Waals surface area contributed by atoms with Gasteiger partial charge in [0.05, 0.1) is 11.4 Å². The number of aryl methyl sites for hydroxylation is 2. The van der Waals surface area contributed by atoms with Crippen LogP contribution < -0.4 is 16.8 Å². The molecule has 0 radical (unpaired) electrons. The predicted octanol–water partition coefficient (Wildman–Crippen LogP) is 3.23. The highest BCUT2D eigenvalue weighted by Gasteiger charge is 2.09. The summed E-state index contributed by atoms with van der Waals surface area (Å²) in [5.74, 6) is 0.281. The standard InChI is InChI=1S/C15H19N3O/c1-8-6-11(4-5-13(8)19)18-12-7-9(2)14(16)10(3)15(12)17/h4-7,18-19H,16-17H2,1-3H3. The summed E-state index contributed by atoms with van der Waals surface area (Å²) in [5.41, 5.74) is 17.8. The summed E-state index contributed by atoms with van der Waals surface area (Å²) >= 11 is 0. The van der Waals surface area contributed by atoms with Crippen molar-refractivity contribution in [1.82, 2.24) is 0 Å². The zero-order valence-corrected chi connectivity index (χ0v) is 11.4. The lowest BCUT2D eigenvalue weighted by atomic mass is 10.1. The number of benzene rings is 2. The van der Waals surface area contributed by atoms with Crippen LogP contribution in [0.2, 0.25) is 0 Å². The summed E-state index contributed by atoms with van der Waals surface area (Å²) in [6.45, 7) is 5.71. The van der Waals surface area contributed by atoms with E-state index in [-0.39, 0.29) is 5.75 Å². The van der Waals surface area contributed by atoms with Gasteiger partial charge in [-0.1, -0.05) is 0 Å². The fraction of sp³-hybridized carbons (Fsp3) is 0.200. The van der Waals surface area contributed by atoms with E-state index in [0.717, 1.165) is 33.8 Å². The molecule has 0 unspecified atom stereocenters. The maximum atomic E-state index is 9.52. The van der Waals surface area contributed by atoms with Crippen LogP contribution in [0.1, 0.15) is 16.7 Å². The van der Waals surface area contributed by atoms with Gasteiger partial charge in [-0.2, -0.15) is 0 Å². The molecule has 0 aromatic heterocycles. The van der Waals surface area contributed by atoms with Crippen molar-refractivity contribution in [1.29, 1.82) is 0 Å². The average molecular weight is 257 g/mol. The Morgan fingerprint density at radius 2 is 1.63 bits per heavy atom. The summed E-state index contributed by atoms with van der Waals surface area (Å²) in [4.78, 5) is 0. The molecule has 0 fully saturated rings. The van der Waals surface area contributed by atoms with Crippen molar-refractivity contribution in [3.05, 3.63) is 41.0 Å². The van der Waals surface area contributed by atoms with Gasteiger partial charge < -0.3 is 21.9 Å². The van der Waals surface area contributed by atoms with Crippen molar-refractivity contribution in [2.24, 2.45) is 0 Å². The van der Waals surface area contributed by atoms with Crippen LogP contribution >= 0.6 is 0 Å². The zero-order chi connectivity index (χ0) is 14.2. The quantitative estimate of drug-likeness (QED) is 0.491. The highest BCUT2D eigenvalue weighted by atomic mass is 16.3. The molecule has 4 heteroatoms. The number of anilines is 4. The summed E-state index contributed by atoms with van der Waals surface area (Å²) in [6, 6.07) is 7.27. The first-order chi connectivity index (χ1) is 8.90. The molecule has 0 aliphatic heterocycles. The second kappa shape index (κ2) is 4.72. The van der Waals surface area contributed by atoms with Gasteiger partial charge in [0.25, 0.3) is 0 Å². The minimum atomic E-state index is 0.281. The Bertz CT molecular complexity index is 636. The number of hydrogen-bond donors (Lipinski definition) is 4. The van der Waals surface area contributed by atoms with Crippen LogP contribution in [-0.4, -0.2) is 5.11 Å². The van der Waals surface area contributed by atoms with E-state index >= 15 is 0 Å². The third kappa shape index (κ3) is 2.42. The van der Waals surface area contributed by atoms with Gasteiger partial charge in [-0.05, 0) is 61.7 Å². The maximum absolute atomic E-state index is 9.52. The Labute approximate surface area is 113 Å². The first-order valence-electron chi connectivity index (χ1n) is 6.12. The maximum Gasteiger partial charge on any atom is 0.118 e. The van der Waals surface area contributed by atoms with E-state index in [0.29, 0.717) is 5.69 Å². The number of nitrogen functional groups attached to an aromatic ring is 2. The van der Waals surface area contributed by atoms with E-state index in [1.54, 1.807) is 6.07 Å². The molecule has 0 heterocycles. The van der Waals surface area contributed by atoms with Crippen LogP contribution in [0.3, 0.4) is 0 Å². The van der Waals surface area contributed by atoms with Crippen LogP contribution in [0.5, 0.6) is 5.75 Å². The number of nitrogens with two attached hydrogens (primary N) is 2. The fourth-order valence-electron chi connectivity index (χ4n) is 2.01. The number of hydrogen-bond acceptors (Lipinski definition) is 4. The van der Waals surface area contributed by atoms with Gasteiger partial charge in [0.15, 0.2) is 0 Å². The summed E-state index contributed by atoms with van der Waals surface area (Å²) in [6.07, 6.45) is 0. The normalized spacial score (nSPS) is 10.5. The van der Waals surface area contributed by atoms with E-state index in [4.69, 9.17) is 11.5 Å². The third-order valence-corrected chi connectivity index (χ3v) is 3.36. The highest BCUT2D eigenvalue weighted by molar-refractivity contribution is 5.81. The van der Waals surface area contributed by atoms with E-state index in [1.807, 2.05) is 39.0 Å². The monoisotopic (exact) mass is 257 g/mol. The van der Waals surface area contributed by atoms with Gasteiger partial charge in [0.2, 0.25) is 0 Å². The molecular weight excluding hydrogens is 238 g/mol. The number of phenols is 1. The third-order valence-electron chi connectivity index (χ3n) is 3.36. The lowest BCUT2D eigenvalue weighted by molar-refractivity contribution is 0.471. The van der Waals surface area contributed by atoms with Gasteiger partial charge in [-0.25, -0.2) is 0 Å². The molecule has 0 aliphatic rings. The molecule has 19 heavy (non-hydrogen) atoms. The van der Waals surface area contributed by atoms with Crippen molar-refractivity contribution in [2.45, 2.75) is 20.8 Å². The number of nitrogens with one attached hydrogen (secondary N) is 1. The molecule has 6 N–H and O–H groups in total. The molecule has 100 valence electrons. The van der Waals surface area contributed by atoms with Crippen molar-refractivity contribution >= 4 is 22.7 Å². The van der Waals surface area contributed by atoms with E-state index in [2.05, 4.69) is 5.32 Å². The molecule has 2 rings (SSSR count). The zero-order valence-electron chi connectivity index (χ0n) is 11.4. The van der Waals surface area contributed by atoms with Crippen molar-refractivity contribution < 1.29 is 5.11 Å². The highest BCUT2D eigenvalue weighted by Crippen LogP contribution is 2.33. The largest absolute Gasteiger partial charge is 0.508 e. The van der Waals surface area contributed by atoms with Gasteiger partial charge >= 0.3 is 0 Å². The molecule has 0 saturated carbocycles. The van der Waals surface area contributed by atoms with Crippen LogP contribution in [0.15, 0.2) is 24.3 Å². The Morgan fingerprint density at radius 1 is 0.947 bits per heavy atom. The summed E-state index contributed by atoms with van der Waals surface area (Å²) in [5, 5.41) is 12.8. The summed E-state index contributed by atoms with van der Waals surface area (Å²) in [7, 11) is 0. The molecule has 0 aliphatic carbocycles. The molecule has 0 bridgehead atoms. The van der Waals surface area contributed by atoms with E-state index in [1.165, 1.54) is 0 Å². The Kier molecular flexibility index (Phi) is 3.25. The molecule has 0 atom stereocenters. The first kappa shape index (κ1) is 13.1. The second-order valence-electron chi connectivity index (χ2n) is 4.82. The molecule has 0 saturated heterocycles. The molecular formula is C15H19N3O. The molecule has 4 nitrogen and oxygen atoms in total. The topological polar surface area (TPSA) is 84.3 Å². The number of phenolic OH excluding ortho intramolecular Hbond substituents is 1. The summed E-state index contributed by atoms with van der Waals surface area (Å²) < 4.78 is 0. The SMILES string of the molecule is Cc1cc(Nc2cc(C)c(N)c(C)c2N)ccc1O. The van der Waals surface area contributed by atoms with Gasteiger partial charge in [0, 0.05) is 11.4 Å². The smallest absolute Gasteiger partial charge is 0.118 e. The Balaban J connectivity index is 2.41. The molecule has 0 amide bonds. The predicted molar refractivity (Wildman–Crippen MR) is 80.9 cm³/mol. The van der Waals surface area contributed by atoms with Crippen molar-refractivity contribution in [3.63, 3.8) is 0 Å². The Hall–Kier alpha value is -2.36. The van der Waals surface area contributed by atoms with Crippen LogP contribution in [-0.2, 0) is 0 Å². The number of aromatic hydroxyl groups is 1. The van der Waals surface area contributed by atoms with E-state index in [9.17, 15) is 5.11 Å². The minimum Gasteiger partial charge on any atom is -0.508 e. The van der Waals surface area contributed by atoms with Crippen molar-refractivity contribution in [2.75, 3.05) is 16.8 Å². The average Bonchev–Trinajstić information content (AvgIpc) is 2.38.